The molecule has 0 spiro atoms. The first-order chi connectivity index (χ1) is 14.3. The quantitative estimate of drug-likeness (QED) is 0.359. The molecule has 0 unspecified atom stereocenters. The summed E-state index contributed by atoms with van der Waals surface area (Å²) in [5.41, 5.74) is 3.57. The maximum absolute atomic E-state index is 5.92. The minimum absolute atomic E-state index is 0.674. The molecule has 0 aliphatic carbocycles. The average Bonchev–Trinajstić information content (AvgIpc) is 2.77. The first-order valence-corrected chi connectivity index (χ1v) is 10.6. The van der Waals surface area contributed by atoms with Crippen LogP contribution in [0.5, 0.6) is 11.5 Å². The van der Waals surface area contributed by atoms with Crippen LogP contribution in [0.15, 0.2) is 78.9 Å². The summed E-state index contributed by atoms with van der Waals surface area (Å²) in [6.45, 7) is 4.44. The van der Waals surface area contributed by atoms with E-state index in [9.17, 15) is 0 Å². The van der Waals surface area contributed by atoms with Gasteiger partial charge in [-0.2, -0.15) is 0 Å². The third-order valence-corrected chi connectivity index (χ3v) is 4.77. The third kappa shape index (κ3) is 7.53. The van der Waals surface area contributed by atoms with E-state index in [1.165, 1.54) is 24.0 Å². The van der Waals surface area contributed by atoms with Crippen LogP contribution in [0.25, 0.3) is 0 Å². The Hall–Kier alpha value is -2.94. The molecule has 0 aromatic heterocycles. The Morgan fingerprint density at radius 1 is 0.690 bits per heavy atom. The Kier molecular flexibility index (Phi) is 8.46. The third-order valence-electron chi connectivity index (χ3n) is 4.77. The summed E-state index contributed by atoms with van der Waals surface area (Å²) in [5, 5.41) is 3.47. The van der Waals surface area contributed by atoms with Crippen molar-refractivity contribution in [3.8, 4) is 11.5 Å². The number of ether oxygens (including phenoxy) is 2. The summed E-state index contributed by atoms with van der Waals surface area (Å²) in [7, 11) is 0. The predicted octanol–water partition coefficient (Wildman–Crippen LogP) is 6.49. The van der Waals surface area contributed by atoms with Gasteiger partial charge >= 0.3 is 0 Å². The second kappa shape index (κ2) is 11.8. The van der Waals surface area contributed by atoms with E-state index in [1.807, 2.05) is 30.3 Å². The molecule has 0 aliphatic heterocycles. The molecule has 3 nitrogen and oxygen atoms in total. The summed E-state index contributed by atoms with van der Waals surface area (Å²) in [5.74, 6) is 1.83. The minimum Gasteiger partial charge on any atom is -0.494 e. The summed E-state index contributed by atoms with van der Waals surface area (Å²) in [6.07, 6.45) is 4.46. The molecule has 1 N–H and O–H groups in total. The van der Waals surface area contributed by atoms with Gasteiger partial charge in [-0.1, -0.05) is 68.3 Å². The predicted molar refractivity (Wildman–Crippen MR) is 121 cm³/mol. The number of anilines is 1. The SMILES string of the molecule is CCCCCOc1ccc(CNc2cccc(OCCc3ccccc3)c2)cc1. The van der Waals surface area contributed by atoms with E-state index >= 15 is 0 Å². The van der Waals surface area contributed by atoms with Gasteiger partial charge in [0.25, 0.3) is 0 Å². The molecule has 3 aromatic rings. The van der Waals surface area contributed by atoms with Crippen LogP contribution in [0.3, 0.4) is 0 Å². The highest BCUT2D eigenvalue weighted by atomic mass is 16.5. The normalized spacial score (nSPS) is 10.5. The van der Waals surface area contributed by atoms with Crippen molar-refractivity contribution in [3.05, 3.63) is 90.0 Å². The van der Waals surface area contributed by atoms with E-state index in [1.54, 1.807) is 0 Å². The van der Waals surface area contributed by atoms with Crippen molar-refractivity contribution in [2.75, 3.05) is 18.5 Å². The molecule has 0 bridgehead atoms. The molecule has 0 atom stereocenters. The molecule has 0 amide bonds. The van der Waals surface area contributed by atoms with Crippen LogP contribution in [0.4, 0.5) is 5.69 Å². The highest BCUT2D eigenvalue weighted by molar-refractivity contribution is 5.48. The van der Waals surface area contributed by atoms with Gasteiger partial charge in [0.2, 0.25) is 0 Å². The maximum Gasteiger partial charge on any atom is 0.121 e. The Bertz CT molecular complexity index is 831. The lowest BCUT2D eigenvalue weighted by Gasteiger charge is -2.11. The van der Waals surface area contributed by atoms with E-state index in [0.29, 0.717) is 6.61 Å². The first-order valence-electron chi connectivity index (χ1n) is 10.6. The van der Waals surface area contributed by atoms with Crippen LogP contribution in [0.1, 0.15) is 37.3 Å². The zero-order valence-electron chi connectivity index (χ0n) is 17.3. The van der Waals surface area contributed by atoms with Crippen molar-refractivity contribution in [2.24, 2.45) is 0 Å². The van der Waals surface area contributed by atoms with Gasteiger partial charge < -0.3 is 14.8 Å². The number of hydrogen-bond acceptors (Lipinski definition) is 3. The van der Waals surface area contributed by atoms with Gasteiger partial charge in [-0.3, -0.25) is 0 Å². The molecule has 3 rings (SSSR count). The van der Waals surface area contributed by atoms with Gasteiger partial charge in [0, 0.05) is 24.7 Å². The lowest BCUT2D eigenvalue weighted by Crippen LogP contribution is -2.03. The van der Waals surface area contributed by atoms with Crippen molar-refractivity contribution in [1.82, 2.24) is 0 Å². The lowest BCUT2D eigenvalue weighted by molar-refractivity contribution is 0.306. The molecule has 29 heavy (non-hydrogen) atoms. The number of rotatable bonds is 12. The largest absolute Gasteiger partial charge is 0.494 e. The molecule has 0 saturated carbocycles. The van der Waals surface area contributed by atoms with Crippen molar-refractivity contribution in [3.63, 3.8) is 0 Å². The number of nitrogens with one attached hydrogen (secondary N) is 1. The van der Waals surface area contributed by atoms with Gasteiger partial charge in [0.15, 0.2) is 0 Å². The van der Waals surface area contributed by atoms with Gasteiger partial charge in [0.1, 0.15) is 11.5 Å². The fourth-order valence-corrected chi connectivity index (χ4v) is 3.08. The van der Waals surface area contributed by atoms with Crippen LogP contribution in [0.2, 0.25) is 0 Å². The van der Waals surface area contributed by atoms with Crippen molar-refractivity contribution < 1.29 is 9.47 Å². The zero-order chi connectivity index (χ0) is 20.2. The smallest absolute Gasteiger partial charge is 0.121 e. The fraction of sp³-hybridized carbons (Fsp3) is 0.308. The van der Waals surface area contributed by atoms with Crippen molar-refractivity contribution in [1.29, 1.82) is 0 Å². The van der Waals surface area contributed by atoms with E-state index in [0.717, 1.165) is 43.2 Å². The highest BCUT2D eigenvalue weighted by Crippen LogP contribution is 2.19. The molecule has 152 valence electrons. The molecule has 0 aliphatic rings. The Balaban J connectivity index is 1.42. The van der Waals surface area contributed by atoms with Gasteiger partial charge in [-0.15, -0.1) is 0 Å². The van der Waals surface area contributed by atoms with E-state index in [-0.39, 0.29) is 0 Å². The monoisotopic (exact) mass is 389 g/mol. The summed E-state index contributed by atoms with van der Waals surface area (Å²) in [4.78, 5) is 0. The minimum atomic E-state index is 0.674. The molecule has 0 fully saturated rings. The number of hydrogen-bond donors (Lipinski definition) is 1. The van der Waals surface area contributed by atoms with Crippen LogP contribution < -0.4 is 14.8 Å². The molecule has 3 heteroatoms. The van der Waals surface area contributed by atoms with Gasteiger partial charge in [0.05, 0.1) is 13.2 Å². The second-order valence-corrected chi connectivity index (χ2v) is 7.16. The molecule has 0 radical (unpaired) electrons. The number of benzene rings is 3. The Morgan fingerprint density at radius 2 is 1.48 bits per heavy atom. The van der Waals surface area contributed by atoms with Gasteiger partial charge in [-0.05, 0) is 41.8 Å². The van der Waals surface area contributed by atoms with Gasteiger partial charge in [-0.25, -0.2) is 0 Å². The topological polar surface area (TPSA) is 30.5 Å². The number of unbranched alkanes of at least 4 members (excludes halogenated alkanes) is 2. The highest BCUT2D eigenvalue weighted by Gasteiger charge is 2.00. The average molecular weight is 390 g/mol. The van der Waals surface area contributed by atoms with Crippen molar-refractivity contribution in [2.45, 2.75) is 39.2 Å². The first kappa shape index (κ1) is 20.8. The zero-order valence-corrected chi connectivity index (χ0v) is 17.3. The summed E-state index contributed by atoms with van der Waals surface area (Å²) in [6, 6.07) is 26.9. The maximum atomic E-state index is 5.92. The molecule has 0 saturated heterocycles. The Labute approximate surface area is 174 Å². The summed E-state index contributed by atoms with van der Waals surface area (Å²) < 4.78 is 11.7. The Morgan fingerprint density at radius 3 is 2.28 bits per heavy atom. The van der Waals surface area contributed by atoms with E-state index in [2.05, 4.69) is 60.8 Å². The van der Waals surface area contributed by atoms with Crippen LogP contribution >= 0.6 is 0 Å². The second-order valence-electron chi connectivity index (χ2n) is 7.16. The lowest BCUT2D eigenvalue weighted by atomic mass is 10.2. The van der Waals surface area contributed by atoms with E-state index < -0.39 is 0 Å². The van der Waals surface area contributed by atoms with E-state index in [4.69, 9.17) is 9.47 Å². The molecular formula is C26H31NO2. The fourth-order valence-electron chi connectivity index (χ4n) is 3.08. The van der Waals surface area contributed by atoms with Crippen LogP contribution in [-0.2, 0) is 13.0 Å². The molecular weight excluding hydrogens is 358 g/mol. The standard InChI is InChI=1S/C26H31NO2/c1-2-3-7-18-28-25-15-13-23(14-16-25)21-27-24-11-8-12-26(20-24)29-19-17-22-9-5-4-6-10-22/h4-6,8-16,20,27H,2-3,7,17-19,21H2,1H3. The van der Waals surface area contributed by atoms with Crippen LogP contribution in [0, 0.1) is 0 Å². The summed E-state index contributed by atoms with van der Waals surface area (Å²) >= 11 is 0. The molecule has 3 aromatic carbocycles. The molecule has 0 heterocycles. The van der Waals surface area contributed by atoms with Crippen LogP contribution in [-0.4, -0.2) is 13.2 Å². The van der Waals surface area contributed by atoms with Crippen molar-refractivity contribution >= 4 is 5.69 Å².